The molecular formula is C22H27BrN2O3. The highest BCUT2D eigenvalue weighted by atomic mass is 79.9. The summed E-state index contributed by atoms with van der Waals surface area (Å²) < 4.78 is 6.56. The Morgan fingerprint density at radius 2 is 1.71 bits per heavy atom. The third-order valence-electron chi connectivity index (χ3n) is 4.18. The van der Waals surface area contributed by atoms with E-state index in [4.69, 9.17) is 4.74 Å². The summed E-state index contributed by atoms with van der Waals surface area (Å²) in [5.74, 6) is 0.0126. The van der Waals surface area contributed by atoms with Crippen molar-refractivity contribution in [1.29, 1.82) is 0 Å². The molecule has 2 rings (SSSR count). The zero-order chi connectivity index (χ0) is 20.4. The number of amides is 2. The van der Waals surface area contributed by atoms with Crippen molar-refractivity contribution in [3.63, 3.8) is 0 Å². The second kappa shape index (κ2) is 11.5. The molecule has 2 N–H and O–H groups in total. The number of halogens is 1. The van der Waals surface area contributed by atoms with Gasteiger partial charge < -0.3 is 15.4 Å². The lowest BCUT2D eigenvalue weighted by Gasteiger charge is -2.14. The van der Waals surface area contributed by atoms with Crippen molar-refractivity contribution in [3.05, 3.63) is 58.1 Å². The van der Waals surface area contributed by atoms with E-state index in [1.54, 1.807) is 36.4 Å². The molecule has 2 aromatic rings. The third kappa shape index (κ3) is 6.37. The highest BCUT2D eigenvalue weighted by Crippen LogP contribution is 2.25. The average molecular weight is 447 g/mol. The molecule has 150 valence electrons. The average Bonchev–Trinajstić information content (AvgIpc) is 2.69. The summed E-state index contributed by atoms with van der Waals surface area (Å²) in [6.45, 7) is 5.31. The van der Waals surface area contributed by atoms with Crippen LogP contribution in [-0.4, -0.2) is 25.0 Å². The fourth-order valence-corrected chi connectivity index (χ4v) is 2.95. The van der Waals surface area contributed by atoms with E-state index in [0.717, 1.165) is 30.2 Å². The molecule has 0 aliphatic rings. The monoisotopic (exact) mass is 446 g/mol. The van der Waals surface area contributed by atoms with Gasteiger partial charge in [-0.25, -0.2) is 0 Å². The van der Waals surface area contributed by atoms with E-state index in [-0.39, 0.29) is 11.8 Å². The van der Waals surface area contributed by atoms with Gasteiger partial charge in [-0.3, -0.25) is 9.59 Å². The number of nitrogens with one attached hydrogen (secondary N) is 2. The van der Waals surface area contributed by atoms with Crippen LogP contribution in [0.5, 0.6) is 5.75 Å². The maximum Gasteiger partial charge on any atom is 0.259 e. The van der Waals surface area contributed by atoms with Crippen LogP contribution >= 0.6 is 15.9 Å². The first-order chi connectivity index (χ1) is 13.6. The van der Waals surface area contributed by atoms with Gasteiger partial charge in [0.25, 0.3) is 11.8 Å². The Labute approximate surface area is 175 Å². The lowest BCUT2D eigenvalue weighted by Crippen LogP contribution is -2.26. The lowest BCUT2D eigenvalue weighted by molar-refractivity contribution is 0.0954. The number of anilines is 1. The maximum absolute atomic E-state index is 12.9. The normalized spacial score (nSPS) is 10.4. The van der Waals surface area contributed by atoms with Crippen LogP contribution in [0.2, 0.25) is 0 Å². The minimum absolute atomic E-state index is 0.196. The number of hydrogen-bond donors (Lipinski definition) is 2. The van der Waals surface area contributed by atoms with E-state index >= 15 is 0 Å². The second-order valence-electron chi connectivity index (χ2n) is 6.45. The van der Waals surface area contributed by atoms with Crippen LogP contribution in [0.4, 0.5) is 5.69 Å². The van der Waals surface area contributed by atoms with Crippen molar-refractivity contribution >= 4 is 33.4 Å². The number of carbonyl (C=O) groups is 2. The quantitative estimate of drug-likeness (QED) is 0.479. The van der Waals surface area contributed by atoms with Gasteiger partial charge in [-0.05, 0) is 43.2 Å². The van der Waals surface area contributed by atoms with Gasteiger partial charge >= 0.3 is 0 Å². The topological polar surface area (TPSA) is 67.4 Å². The molecule has 0 unspecified atom stereocenters. The minimum atomic E-state index is -0.318. The summed E-state index contributed by atoms with van der Waals surface area (Å²) in [6, 6.07) is 12.3. The molecule has 0 aliphatic heterocycles. The van der Waals surface area contributed by atoms with Gasteiger partial charge in [-0.1, -0.05) is 54.8 Å². The molecular weight excluding hydrogens is 420 g/mol. The maximum atomic E-state index is 12.9. The molecule has 0 atom stereocenters. The fourth-order valence-electron chi connectivity index (χ4n) is 2.59. The molecule has 0 radical (unpaired) electrons. The van der Waals surface area contributed by atoms with E-state index in [1.165, 1.54) is 0 Å². The van der Waals surface area contributed by atoms with Crippen molar-refractivity contribution in [2.24, 2.45) is 0 Å². The van der Waals surface area contributed by atoms with E-state index < -0.39 is 0 Å². The number of unbranched alkanes of at least 4 members (excludes halogenated alkanes) is 2. The molecule has 0 fully saturated rings. The van der Waals surface area contributed by atoms with Gasteiger partial charge in [-0.15, -0.1) is 0 Å². The molecule has 0 saturated heterocycles. The predicted molar refractivity (Wildman–Crippen MR) is 116 cm³/mol. The van der Waals surface area contributed by atoms with Crippen LogP contribution in [0.1, 0.15) is 60.2 Å². The number of benzene rings is 2. The Hall–Kier alpha value is -2.34. The molecule has 0 aromatic heterocycles. The Morgan fingerprint density at radius 1 is 0.964 bits per heavy atom. The molecule has 2 aromatic carbocycles. The first kappa shape index (κ1) is 22.0. The fraction of sp³-hybridized carbons (Fsp3) is 0.364. The van der Waals surface area contributed by atoms with Crippen LogP contribution in [0.3, 0.4) is 0 Å². The molecule has 2 amide bonds. The molecule has 0 bridgehead atoms. The summed E-state index contributed by atoms with van der Waals surface area (Å²) in [5, 5.41) is 5.74. The zero-order valence-corrected chi connectivity index (χ0v) is 18.0. The van der Waals surface area contributed by atoms with Crippen molar-refractivity contribution in [2.75, 3.05) is 18.5 Å². The van der Waals surface area contributed by atoms with Crippen molar-refractivity contribution in [3.8, 4) is 5.75 Å². The number of para-hydroxylation sites is 1. The number of rotatable bonds is 10. The van der Waals surface area contributed by atoms with Gasteiger partial charge in [0.05, 0.1) is 23.4 Å². The van der Waals surface area contributed by atoms with E-state index in [2.05, 4.69) is 40.4 Å². The predicted octanol–water partition coefficient (Wildman–Crippen LogP) is 5.41. The van der Waals surface area contributed by atoms with Gasteiger partial charge in [0.1, 0.15) is 5.75 Å². The molecule has 0 spiro atoms. The highest BCUT2D eigenvalue weighted by molar-refractivity contribution is 9.10. The summed E-state index contributed by atoms with van der Waals surface area (Å²) in [7, 11) is 0. The summed E-state index contributed by atoms with van der Waals surface area (Å²) >= 11 is 3.41. The number of ether oxygens (including phenoxy) is 1. The molecule has 6 heteroatoms. The number of carbonyl (C=O) groups excluding carboxylic acids is 2. The van der Waals surface area contributed by atoms with Gasteiger partial charge in [0.2, 0.25) is 0 Å². The summed E-state index contributed by atoms with van der Waals surface area (Å²) in [5.41, 5.74) is 1.34. The van der Waals surface area contributed by atoms with Crippen LogP contribution in [-0.2, 0) is 0 Å². The largest absolute Gasteiger partial charge is 0.493 e. The summed E-state index contributed by atoms with van der Waals surface area (Å²) in [4.78, 5) is 25.4. The van der Waals surface area contributed by atoms with Gasteiger partial charge in [0.15, 0.2) is 0 Å². The van der Waals surface area contributed by atoms with E-state index in [9.17, 15) is 9.59 Å². The Balaban J connectivity index is 2.19. The van der Waals surface area contributed by atoms with Gasteiger partial charge in [0, 0.05) is 11.0 Å². The van der Waals surface area contributed by atoms with Crippen LogP contribution in [0, 0.1) is 0 Å². The van der Waals surface area contributed by atoms with Crippen LogP contribution in [0.15, 0.2) is 46.9 Å². The molecule has 0 heterocycles. The van der Waals surface area contributed by atoms with E-state index in [1.807, 2.05) is 6.07 Å². The second-order valence-corrected chi connectivity index (χ2v) is 7.37. The highest BCUT2D eigenvalue weighted by Gasteiger charge is 2.17. The van der Waals surface area contributed by atoms with E-state index in [0.29, 0.717) is 35.7 Å². The Morgan fingerprint density at radius 3 is 2.46 bits per heavy atom. The molecule has 0 saturated carbocycles. The lowest BCUT2D eigenvalue weighted by atomic mass is 10.1. The smallest absolute Gasteiger partial charge is 0.259 e. The third-order valence-corrected chi connectivity index (χ3v) is 4.67. The molecule has 28 heavy (non-hydrogen) atoms. The minimum Gasteiger partial charge on any atom is -0.493 e. The number of hydrogen-bond acceptors (Lipinski definition) is 3. The Kier molecular flexibility index (Phi) is 9.01. The molecule has 0 aliphatic carbocycles. The van der Waals surface area contributed by atoms with Crippen molar-refractivity contribution in [1.82, 2.24) is 5.32 Å². The zero-order valence-electron chi connectivity index (χ0n) is 16.4. The van der Waals surface area contributed by atoms with Crippen LogP contribution < -0.4 is 15.4 Å². The van der Waals surface area contributed by atoms with Gasteiger partial charge in [-0.2, -0.15) is 0 Å². The SMILES string of the molecule is CCCCNC(=O)c1ccccc1NC(=O)c1cc(Br)ccc1OCCCC. The van der Waals surface area contributed by atoms with Crippen LogP contribution in [0.25, 0.3) is 0 Å². The standard InChI is InChI=1S/C22H27BrN2O3/c1-3-5-13-24-21(26)17-9-7-8-10-19(17)25-22(27)18-15-16(23)11-12-20(18)28-14-6-4-2/h7-12,15H,3-6,13-14H2,1-2H3,(H,24,26)(H,25,27). The Bertz CT molecular complexity index is 808. The van der Waals surface area contributed by atoms with Crippen molar-refractivity contribution < 1.29 is 14.3 Å². The summed E-state index contributed by atoms with van der Waals surface area (Å²) in [6.07, 6.45) is 3.84. The first-order valence-corrected chi connectivity index (χ1v) is 10.5. The van der Waals surface area contributed by atoms with Crippen molar-refractivity contribution in [2.45, 2.75) is 39.5 Å². The first-order valence-electron chi connectivity index (χ1n) is 9.67. The molecule has 5 nitrogen and oxygen atoms in total.